The van der Waals surface area contributed by atoms with Crippen molar-refractivity contribution >= 4 is 28.3 Å². The van der Waals surface area contributed by atoms with Gasteiger partial charge in [-0.15, -0.1) is 0 Å². The first-order chi connectivity index (χ1) is 10.9. The molecule has 7 heteroatoms. The summed E-state index contributed by atoms with van der Waals surface area (Å²) in [5.41, 5.74) is 1.33. The molecule has 0 spiro atoms. The quantitative estimate of drug-likeness (QED) is 0.527. The molecular weight excluding hydrogens is 298 g/mol. The molecule has 3 rings (SSSR count). The number of rotatable bonds is 4. The molecule has 2 aromatic carbocycles. The molecule has 1 heterocycles. The molecule has 0 radical (unpaired) electrons. The molecule has 0 saturated heterocycles. The molecule has 118 valence electrons. The van der Waals surface area contributed by atoms with Crippen LogP contribution in [0.1, 0.15) is 26.3 Å². The molecule has 7 nitrogen and oxygen atoms in total. The number of carbonyl (C=O) groups is 2. The number of hydrogen-bond donors (Lipinski definition) is 1. The third kappa shape index (κ3) is 2.44. The topological polar surface area (TPSA) is 92.5 Å². The normalized spacial score (nSPS) is 13.5. The van der Waals surface area contributed by atoms with Crippen LogP contribution in [-0.2, 0) is 6.42 Å². The van der Waals surface area contributed by atoms with Gasteiger partial charge in [-0.2, -0.15) is 0 Å². The number of likely N-dealkylation sites (N-methyl/N-ethyl adjacent to an activating group) is 1. The monoisotopic (exact) mass is 313 g/mol. The number of non-ortho nitro benzene ring substituents is 1. The second-order valence-corrected chi connectivity index (χ2v) is 5.75. The van der Waals surface area contributed by atoms with E-state index in [1.807, 2.05) is 19.0 Å². The van der Waals surface area contributed by atoms with Gasteiger partial charge >= 0.3 is 0 Å². The van der Waals surface area contributed by atoms with Crippen molar-refractivity contribution in [3.63, 3.8) is 0 Å². The minimum atomic E-state index is -0.521. The number of imide groups is 1. The van der Waals surface area contributed by atoms with Crippen LogP contribution in [0.25, 0.3) is 10.8 Å². The fourth-order valence-corrected chi connectivity index (χ4v) is 2.87. The summed E-state index contributed by atoms with van der Waals surface area (Å²) < 4.78 is 0. The summed E-state index contributed by atoms with van der Waals surface area (Å²) in [7, 11) is 3.85. The zero-order chi connectivity index (χ0) is 16.7. The molecule has 0 bridgehead atoms. The van der Waals surface area contributed by atoms with Gasteiger partial charge < -0.3 is 4.90 Å². The lowest BCUT2D eigenvalue weighted by Gasteiger charge is -2.20. The lowest BCUT2D eigenvalue weighted by atomic mass is 9.89. The summed E-state index contributed by atoms with van der Waals surface area (Å²) >= 11 is 0. The first-order valence-electron chi connectivity index (χ1n) is 7.13. The van der Waals surface area contributed by atoms with Gasteiger partial charge in [0.15, 0.2) is 0 Å². The van der Waals surface area contributed by atoms with E-state index >= 15 is 0 Å². The predicted molar refractivity (Wildman–Crippen MR) is 84.7 cm³/mol. The summed E-state index contributed by atoms with van der Waals surface area (Å²) in [6, 6.07) is 6.06. The summed E-state index contributed by atoms with van der Waals surface area (Å²) in [6.45, 7) is 0.726. The van der Waals surface area contributed by atoms with E-state index in [0.29, 0.717) is 28.3 Å². The van der Waals surface area contributed by atoms with Gasteiger partial charge in [0.1, 0.15) is 0 Å². The van der Waals surface area contributed by atoms with Crippen molar-refractivity contribution in [1.82, 2.24) is 10.2 Å². The number of nitrogens with one attached hydrogen (secondary N) is 1. The van der Waals surface area contributed by atoms with Crippen molar-refractivity contribution < 1.29 is 14.5 Å². The van der Waals surface area contributed by atoms with Crippen LogP contribution in [0.3, 0.4) is 0 Å². The van der Waals surface area contributed by atoms with Crippen molar-refractivity contribution in [2.45, 2.75) is 6.42 Å². The molecule has 2 aromatic rings. The van der Waals surface area contributed by atoms with Gasteiger partial charge in [0.2, 0.25) is 0 Å². The van der Waals surface area contributed by atoms with Gasteiger partial charge in [-0.3, -0.25) is 25.0 Å². The Hall–Kier alpha value is -2.80. The third-order valence-corrected chi connectivity index (χ3v) is 3.97. The van der Waals surface area contributed by atoms with E-state index in [1.54, 1.807) is 12.1 Å². The Balaban J connectivity index is 2.32. The highest BCUT2D eigenvalue weighted by atomic mass is 16.6. The second-order valence-electron chi connectivity index (χ2n) is 5.75. The van der Waals surface area contributed by atoms with Gasteiger partial charge in [0, 0.05) is 23.6 Å². The van der Waals surface area contributed by atoms with E-state index in [-0.39, 0.29) is 5.69 Å². The number of nitro groups is 1. The lowest BCUT2D eigenvalue weighted by Crippen LogP contribution is -2.35. The average molecular weight is 313 g/mol. The Morgan fingerprint density at radius 3 is 2.52 bits per heavy atom. The van der Waals surface area contributed by atoms with Gasteiger partial charge in [0.25, 0.3) is 17.5 Å². The van der Waals surface area contributed by atoms with E-state index in [9.17, 15) is 19.7 Å². The summed E-state index contributed by atoms with van der Waals surface area (Å²) in [5.74, 6) is -1.02. The summed E-state index contributed by atoms with van der Waals surface area (Å²) in [6.07, 6.45) is 0.613. The molecule has 2 amide bonds. The molecule has 0 aliphatic carbocycles. The summed E-state index contributed by atoms with van der Waals surface area (Å²) in [4.78, 5) is 37.0. The molecular formula is C16H15N3O4. The Labute approximate surface area is 132 Å². The van der Waals surface area contributed by atoms with Crippen LogP contribution in [0.5, 0.6) is 0 Å². The molecule has 0 unspecified atom stereocenters. The van der Waals surface area contributed by atoms with Crippen molar-refractivity contribution in [3.8, 4) is 0 Å². The fraction of sp³-hybridized carbons (Fsp3) is 0.250. The number of nitro benzene ring substituents is 1. The van der Waals surface area contributed by atoms with E-state index in [0.717, 1.165) is 12.1 Å². The van der Waals surface area contributed by atoms with Crippen molar-refractivity contribution in [3.05, 3.63) is 51.1 Å². The fourth-order valence-electron chi connectivity index (χ4n) is 2.87. The minimum Gasteiger partial charge on any atom is -0.309 e. The Kier molecular flexibility index (Phi) is 3.57. The standard InChI is InChI=1S/C16H15N3O4/c1-18(2)8-7-9-3-4-10-12(19(22)23)6-5-11-14(10)13(9)16(21)17-15(11)20/h3-6H,7-8H2,1-2H3,(H,17,20,21). The Bertz CT molecular complexity index is 858. The molecule has 1 aliphatic heterocycles. The Morgan fingerprint density at radius 2 is 1.87 bits per heavy atom. The first-order valence-corrected chi connectivity index (χ1v) is 7.13. The number of carbonyl (C=O) groups excluding carboxylic acids is 2. The molecule has 0 saturated carbocycles. The van der Waals surface area contributed by atoms with Gasteiger partial charge in [-0.25, -0.2) is 0 Å². The summed E-state index contributed by atoms with van der Waals surface area (Å²) in [5, 5.41) is 14.2. The van der Waals surface area contributed by atoms with Crippen LogP contribution < -0.4 is 5.32 Å². The number of hydrogen-bond acceptors (Lipinski definition) is 5. The maximum Gasteiger partial charge on any atom is 0.277 e. The molecule has 0 atom stereocenters. The molecule has 0 aromatic heterocycles. The zero-order valence-corrected chi connectivity index (χ0v) is 12.8. The predicted octanol–water partition coefficient (Wildman–Crippen LogP) is 1.74. The average Bonchev–Trinajstić information content (AvgIpc) is 2.49. The zero-order valence-electron chi connectivity index (χ0n) is 12.8. The van der Waals surface area contributed by atoms with Crippen LogP contribution in [0.15, 0.2) is 24.3 Å². The minimum absolute atomic E-state index is 0.105. The van der Waals surface area contributed by atoms with Crippen molar-refractivity contribution in [2.24, 2.45) is 0 Å². The molecule has 0 fully saturated rings. The van der Waals surface area contributed by atoms with Crippen LogP contribution in [0, 0.1) is 10.1 Å². The van der Waals surface area contributed by atoms with Gasteiger partial charge in [0.05, 0.1) is 15.9 Å². The molecule has 23 heavy (non-hydrogen) atoms. The smallest absolute Gasteiger partial charge is 0.277 e. The van der Waals surface area contributed by atoms with Crippen molar-refractivity contribution in [1.29, 1.82) is 0 Å². The van der Waals surface area contributed by atoms with E-state index < -0.39 is 16.7 Å². The van der Waals surface area contributed by atoms with E-state index in [2.05, 4.69) is 5.32 Å². The van der Waals surface area contributed by atoms with Gasteiger partial charge in [-0.05, 0) is 38.2 Å². The van der Waals surface area contributed by atoms with Crippen LogP contribution >= 0.6 is 0 Å². The molecule has 1 N–H and O–H groups in total. The van der Waals surface area contributed by atoms with E-state index in [4.69, 9.17) is 0 Å². The highest BCUT2D eigenvalue weighted by Gasteiger charge is 2.30. The highest BCUT2D eigenvalue weighted by Crippen LogP contribution is 2.35. The third-order valence-electron chi connectivity index (χ3n) is 3.97. The number of amides is 2. The van der Waals surface area contributed by atoms with E-state index in [1.165, 1.54) is 12.1 Å². The SMILES string of the molecule is CN(C)CCc1ccc2c([N+](=O)[O-])ccc3c2c1C(=O)NC3=O. The largest absolute Gasteiger partial charge is 0.309 e. The maximum atomic E-state index is 12.3. The Morgan fingerprint density at radius 1 is 1.13 bits per heavy atom. The maximum absolute atomic E-state index is 12.3. The van der Waals surface area contributed by atoms with Crippen molar-refractivity contribution in [2.75, 3.05) is 20.6 Å². The highest BCUT2D eigenvalue weighted by molar-refractivity contribution is 6.27. The second kappa shape index (κ2) is 5.44. The van der Waals surface area contributed by atoms with Crippen LogP contribution in [0.2, 0.25) is 0 Å². The number of nitrogens with zero attached hydrogens (tertiary/aromatic N) is 2. The van der Waals surface area contributed by atoms with Gasteiger partial charge in [-0.1, -0.05) is 6.07 Å². The molecule has 1 aliphatic rings. The lowest BCUT2D eigenvalue weighted by molar-refractivity contribution is -0.383. The van der Waals surface area contributed by atoms with Crippen LogP contribution in [0.4, 0.5) is 5.69 Å². The van der Waals surface area contributed by atoms with Crippen LogP contribution in [-0.4, -0.2) is 42.3 Å². The number of benzene rings is 2. The first kappa shape index (κ1) is 15.1.